The van der Waals surface area contributed by atoms with Gasteiger partial charge in [0, 0.05) is 5.92 Å². The maximum atomic E-state index is 12.1. The zero-order valence-electron chi connectivity index (χ0n) is 11.5. The minimum atomic E-state index is -0.479. The summed E-state index contributed by atoms with van der Waals surface area (Å²) in [5, 5.41) is 9.08. The first kappa shape index (κ1) is 14.3. The molecule has 0 saturated heterocycles. The second kappa shape index (κ2) is 6.91. The molecule has 1 unspecified atom stereocenters. The highest BCUT2D eigenvalue weighted by molar-refractivity contribution is 5.89. The van der Waals surface area contributed by atoms with Crippen LogP contribution in [0.2, 0.25) is 0 Å². The zero-order valence-corrected chi connectivity index (χ0v) is 11.5. The molecule has 1 aromatic rings. The molecule has 1 fully saturated rings. The molecule has 3 nitrogen and oxygen atoms in total. The molecule has 1 aliphatic rings. The number of nitriles is 1. The number of esters is 1. The Labute approximate surface area is 119 Å². The van der Waals surface area contributed by atoms with Crippen LogP contribution in [0.3, 0.4) is 0 Å². The van der Waals surface area contributed by atoms with Gasteiger partial charge in [-0.1, -0.05) is 44.0 Å². The van der Waals surface area contributed by atoms with Crippen LogP contribution in [-0.4, -0.2) is 12.1 Å². The van der Waals surface area contributed by atoms with Gasteiger partial charge >= 0.3 is 5.97 Å². The molecule has 0 aliphatic heterocycles. The summed E-state index contributed by atoms with van der Waals surface area (Å²) in [6.45, 7) is 3.76. The van der Waals surface area contributed by atoms with Crippen molar-refractivity contribution in [3.8, 4) is 6.07 Å². The van der Waals surface area contributed by atoms with Gasteiger partial charge in [0.1, 0.15) is 6.10 Å². The fourth-order valence-corrected chi connectivity index (χ4v) is 2.71. The van der Waals surface area contributed by atoms with E-state index in [9.17, 15) is 4.79 Å². The Kier molecular flexibility index (Phi) is 4.95. The number of ether oxygens (including phenoxy) is 1. The van der Waals surface area contributed by atoms with E-state index in [2.05, 4.69) is 6.58 Å². The van der Waals surface area contributed by atoms with Gasteiger partial charge in [0.2, 0.25) is 0 Å². The van der Waals surface area contributed by atoms with E-state index in [0.717, 1.165) is 25.7 Å². The maximum absolute atomic E-state index is 12.1. The van der Waals surface area contributed by atoms with E-state index in [4.69, 9.17) is 10.00 Å². The monoisotopic (exact) mass is 269 g/mol. The van der Waals surface area contributed by atoms with Crippen LogP contribution in [0.15, 0.2) is 42.5 Å². The van der Waals surface area contributed by atoms with Crippen molar-refractivity contribution < 1.29 is 9.53 Å². The van der Waals surface area contributed by atoms with Gasteiger partial charge in [0.15, 0.2) is 0 Å². The number of rotatable bonds is 4. The number of hydrogen-bond acceptors (Lipinski definition) is 3. The molecule has 0 spiro atoms. The molecule has 0 aromatic heterocycles. The quantitative estimate of drug-likeness (QED) is 0.615. The summed E-state index contributed by atoms with van der Waals surface area (Å²) in [6.07, 6.45) is 4.98. The zero-order chi connectivity index (χ0) is 14.4. The minimum absolute atomic E-state index is 0.226. The Bertz CT molecular complexity index is 510. The van der Waals surface area contributed by atoms with Crippen molar-refractivity contribution in [2.45, 2.75) is 38.2 Å². The lowest BCUT2D eigenvalue weighted by molar-refractivity contribution is 0.0207. The smallest absolute Gasteiger partial charge is 0.338 e. The van der Waals surface area contributed by atoms with Crippen LogP contribution >= 0.6 is 0 Å². The van der Waals surface area contributed by atoms with E-state index in [1.807, 2.05) is 12.1 Å². The first-order chi connectivity index (χ1) is 9.72. The fraction of sp³-hybridized carbons (Fsp3) is 0.412. The summed E-state index contributed by atoms with van der Waals surface area (Å²) in [6, 6.07) is 10.9. The molecule has 0 amide bonds. The Balaban J connectivity index is 2.10. The highest BCUT2D eigenvalue weighted by atomic mass is 16.5. The molecule has 1 aromatic carbocycles. The van der Waals surface area contributed by atoms with Crippen molar-refractivity contribution >= 4 is 5.97 Å². The molecule has 104 valence electrons. The molecule has 0 N–H and O–H groups in total. The molecule has 0 bridgehead atoms. The van der Waals surface area contributed by atoms with Crippen LogP contribution < -0.4 is 0 Å². The average molecular weight is 269 g/mol. The Morgan fingerprint density at radius 2 is 1.90 bits per heavy atom. The van der Waals surface area contributed by atoms with Crippen molar-refractivity contribution in [3.63, 3.8) is 0 Å². The topological polar surface area (TPSA) is 50.1 Å². The normalized spacial score (nSPS) is 16.9. The van der Waals surface area contributed by atoms with Gasteiger partial charge in [-0.05, 0) is 25.0 Å². The highest BCUT2D eigenvalue weighted by Gasteiger charge is 2.29. The summed E-state index contributed by atoms with van der Waals surface area (Å²) < 4.78 is 5.57. The third-order valence-electron chi connectivity index (χ3n) is 3.81. The predicted molar refractivity (Wildman–Crippen MR) is 77.0 cm³/mol. The number of carbonyl (C=O) groups excluding carboxylic acids is 1. The van der Waals surface area contributed by atoms with E-state index in [1.54, 1.807) is 24.3 Å². The number of benzene rings is 1. The van der Waals surface area contributed by atoms with E-state index >= 15 is 0 Å². The molecule has 0 radical (unpaired) electrons. The Hall–Kier alpha value is -2.08. The standard InChI is InChI=1S/C17H19NO2/c1-13(12-18)16(14-8-4-2-5-9-14)20-17(19)15-10-6-3-7-11-15/h3,6-7,10-11,14,16H,1-2,4-5,8-9H2. The van der Waals surface area contributed by atoms with Crippen LogP contribution in [0.1, 0.15) is 42.5 Å². The molecular formula is C17H19NO2. The summed E-state index contributed by atoms with van der Waals surface area (Å²) in [7, 11) is 0. The van der Waals surface area contributed by atoms with Crippen molar-refractivity contribution in [3.05, 3.63) is 48.0 Å². The van der Waals surface area contributed by atoms with E-state index in [0.29, 0.717) is 11.1 Å². The molecule has 2 rings (SSSR count). The summed E-state index contributed by atoms with van der Waals surface area (Å²) >= 11 is 0. The van der Waals surface area contributed by atoms with E-state index < -0.39 is 6.10 Å². The molecule has 1 atom stereocenters. The van der Waals surface area contributed by atoms with Crippen LogP contribution in [-0.2, 0) is 4.74 Å². The van der Waals surface area contributed by atoms with Crippen molar-refractivity contribution in [2.24, 2.45) is 5.92 Å². The summed E-state index contributed by atoms with van der Waals surface area (Å²) in [4.78, 5) is 12.1. The van der Waals surface area contributed by atoms with Gasteiger partial charge in [-0.25, -0.2) is 4.79 Å². The highest BCUT2D eigenvalue weighted by Crippen LogP contribution is 2.31. The molecule has 0 heterocycles. The number of carbonyl (C=O) groups is 1. The van der Waals surface area contributed by atoms with Gasteiger partial charge in [-0.15, -0.1) is 0 Å². The Morgan fingerprint density at radius 3 is 2.50 bits per heavy atom. The minimum Gasteiger partial charge on any atom is -0.453 e. The van der Waals surface area contributed by atoms with Gasteiger partial charge in [-0.2, -0.15) is 5.26 Å². The first-order valence-corrected chi connectivity index (χ1v) is 7.07. The lowest BCUT2D eigenvalue weighted by Crippen LogP contribution is -2.30. The van der Waals surface area contributed by atoms with Gasteiger partial charge in [0.25, 0.3) is 0 Å². The van der Waals surface area contributed by atoms with Crippen LogP contribution in [0.25, 0.3) is 0 Å². The van der Waals surface area contributed by atoms with Gasteiger partial charge < -0.3 is 4.74 Å². The first-order valence-electron chi connectivity index (χ1n) is 7.07. The van der Waals surface area contributed by atoms with Crippen LogP contribution in [0.5, 0.6) is 0 Å². The van der Waals surface area contributed by atoms with Gasteiger partial charge in [0.05, 0.1) is 17.2 Å². The second-order valence-electron chi connectivity index (χ2n) is 5.23. The Morgan fingerprint density at radius 1 is 1.25 bits per heavy atom. The molecular weight excluding hydrogens is 250 g/mol. The number of hydrogen-bond donors (Lipinski definition) is 0. The van der Waals surface area contributed by atoms with Crippen molar-refractivity contribution in [1.29, 1.82) is 5.26 Å². The summed E-state index contributed by atoms with van der Waals surface area (Å²) in [5.41, 5.74) is 0.861. The van der Waals surface area contributed by atoms with E-state index in [1.165, 1.54) is 6.42 Å². The fourth-order valence-electron chi connectivity index (χ4n) is 2.71. The lowest BCUT2D eigenvalue weighted by atomic mass is 9.83. The predicted octanol–water partition coefficient (Wildman–Crippen LogP) is 3.87. The third-order valence-corrected chi connectivity index (χ3v) is 3.81. The molecule has 20 heavy (non-hydrogen) atoms. The molecule has 1 aliphatic carbocycles. The van der Waals surface area contributed by atoms with Crippen molar-refractivity contribution in [2.75, 3.05) is 0 Å². The number of nitrogens with zero attached hydrogens (tertiary/aromatic N) is 1. The molecule has 1 saturated carbocycles. The SMILES string of the molecule is C=C(C#N)C(OC(=O)c1ccccc1)C1CCCCC1. The second-order valence-corrected chi connectivity index (χ2v) is 5.23. The largest absolute Gasteiger partial charge is 0.453 e. The summed E-state index contributed by atoms with van der Waals surface area (Å²) in [5.74, 6) is -0.152. The third kappa shape index (κ3) is 3.48. The van der Waals surface area contributed by atoms with Gasteiger partial charge in [-0.3, -0.25) is 0 Å². The van der Waals surface area contributed by atoms with Crippen LogP contribution in [0.4, 0.5) is 0 Å². The van der Waals surface area contributed by atoms with Crippen LogP contribution in [0, 0.1) is 17.2 Å². The van der Waals surface area contributed by atoms with E-state index in [-0.39, 0.29) is 11.9 Å². The maximum Gasteiger partial charge on any atom is 0.338 e. The van der Waals surface area contributed by atoms with Crippen molar-refractivity contribution in [1.82, 2.24) is 0 Å². The lowest BCUT2D eigenvalue weighted by Gasteiger charge is -2.29. The average Bonchev–Trinajstić information content (AvgIpc) is 2.53. The molecule has 3 heteroatoms.